The number of ether oxygens (including phenoxy) is 1. The van der Waals surface area contributed by atoms with Crippen LogP contribution in [0.5, 0.6) is 0 Å². The average molecular weight is 217 g/mol. The number of likely N-dealkylation sites (N-methyl/N-ethyl adjacent to an activating group) is 1. The summed E-state index contributed by atoms with van der Waals surface area (Å²) in [6.07, 6.45) is 2.00. The Bertz CT molecular complexity index is 185. The number of carboxylic acids is 1. The molecule has 0 heterocycles. The van der Waals surface area contributed by atoms with E-state index in [0.29, 0.717) is 32.6 Å². The second-order valence-corrected chi connectivity index (χ2v) is 3.57. The molecule has 0 bridgehead atoms. The van der Waals surface area contributed by atoms with Gasteiger partial charge in [-0.1, -0.05) is 13.8 Å². The van der Waals surface area contributed by atoms with E-state index in [1.807, 2.05) is 20.8 Å². The predicted octanol–water partition coefficient (Wildman–Crippen LogP) is 1.65. The van der Waals surface area contributed by atoms with Gasteiger partial charge in [-0.25, -0.2) is 0 Å². The molecule has 0 saturated heterocycles. The Labute approximate surface area is 92.0 Å². The molecule has 0 rings (SSSR count). The van der Waals surface area contributed by atoms with Crippen LogP contribution >= 0.6 is 0 Å². The number of hydrogen-bond acceptors (Lipinski definition) is 3. The van der Waals surface area contributed by atoms with Crippen LogP contribution in [0.2, 0.25) is 0 Å². The van der Waals surface area contributed by atoms with Crippen molar-refractivity contribution in [3.8, 4) is 0 Å². The van der Waals surface area contributed by atoms with Gasteiger partial charge in [-0.2, -0.15) is 0 Å². The Hall–Kier alpha value is -0.610. The molecular formula is C11H23NO3. The Balaban J connectivity index is 4.16. The lowest BCUT2D eigenvalue weighted by atomic mass is 9.90. The number of nitrogens with one attached hydrogen (secondary N) is 1. The fraction of sp³-hybridized carbons (Fsp3) is 0.909. The zero-order valence-corrected chi connectivity index (χ0v) is 10.0. The van der Waals surface area contributed by atoms with E-state index >= 15 is 0 Å². The highest BCUT2D eigenvalue weighted by atomic mass is 16.5. The summed E-state index contributed by atoms with van der Waals surface area (Å²) in [6, 6.07) is 0. The molecule has 0 spiro atoms. The molecule has 1 atom stereocenters. The molecule has 0 aliphatic rings. The van der Waals surface area contributed by atoms with Crippen LogP contribution in [-0.2, 0) is 9.53 Å². The summed E-state index contributed by atoms with van der Waals surface area (Å²) in [7, 11) is 0. The smallest absolute Gasteiger partial charge is 0.323 e. The van der Waals surface area contributed by atoms with Crippen LogP contribution in [0.1, 0.15) is 40.0 Å². The first-order chi connectivity index (χ1) is 7.13. The van der Waals surface area contributed by atoms with Crippen LogP contribution < -0.4 is 5.32 Å². The molecule has 0 aliphatic heterocycles. The second kappa shape index (κ2) is 7.65. The summed E-state index contributed by atoms with van der Waals surface area (Å²) >= 11 is 0. The van der Waals surface area contributed by atoms with Gasteiger partial charge in [0.05, 0.1) is 0 Å². The van der Waals surface area contributed by atoms with Crippen molar-refractivity contribution in [3.63, 3.8) is 0 Å². The molecule has 0 amide bonds. The van der Waals surface area contributed by atoms with E-state index in [-0.39, 0.29) is 0 Å². The molecule has 0 saturated carbocycles. The van der Waals surface area contributed by atoms with Gasteiger partial charge in [-0.3, -0.25) is 4.79 Å². The van der Waals surface area contributed by atoms with Gasteiger partial charge in [0.1, 0.15) is 5.54 Å². The number of hydrogen-bond donors (Lipinski definition) is 2. The fourth-order valence-corrected chi connectivity index (χ4v) is 1.68. The van der Waals surface area contributed by atoms with Crippen molar-refractivity contribution < 1.29 is 14.6 Å². The summed E-state index contributed by atoms with van der Waals surface area (Å²) in [5.41, 5.74) is -0.772. The van der Waals surface area contributed by atoms with Crippen molar-refractivity contribution in [2.75, 3.05) is 19.8 Å². The molecule has 90 valence electrons. The van der Waals surface area contributed by atoms with Gasteiger partial charge in [0.15, 0.2) is 0 Å². The van der Waals surface area contributed by atoms with Gasteiger partial charge in [0.2, 0.25) is 0 Å². The largest absolute Gasteiger partial charge is 0.480 e. The summed E-state index contributed by atoms with van der Waals surface area (Å²) in [4.78, 5) is 11.2. The highest BCUT2D eigenvalue weighted by Gasteiger charge is 2.34. The summed E-state index contributed by atoms with van der Waals surface area (Å²) < 4.78 is 5.21. The molecule has 0 fully saturated rings. The molecule has 1 unspecified atom stereocenters. The lowest BCUT2D eigenvalue weighted by molar-refractivity contribution is -0.145. The minimum absolute atomic E-state index is 0.600. The maximum absolute atomic E-state index is 11.2. The van der Waals surface area contributed by atoms with E-state index in [2.05, 4.69) is 5.32 Å². The van der Waals surface area contributed by atoms with Gasteiger partial charge >= 0.3 is 5.97 Å². The summed E-state index contributed by atoms with van der Waals surface area (Å²) in [6.45, 7) is 7.76. The van der Waals surface area contributed by atoms with Crippen molar-refractivity contribution in [1.82, 2.24) is 5.32 Å². The van der Waals surface area contributed by atoms with Crippen molar-refractivity contribution in [1.29, 1.82) is 0 Å². The Morgan fingerprint density at radius 1 is 1.40 bits per heavy atom. The van der Waals surface area contributed by atoms with Crippen LogP contribution in [0.25, 0.3) is 0 Å². The monoisotopic (exact) mass is 217 g/mol. The quantitative estimate of drug-likeness (QED) is 0.576. The van der Waals surface area contributed by atoms with E-state index in [1.165, 1.54) is 0 Å². The molecule has 0 aliphatic carbocycles. The molecule has 0 aromatic rings. The van der Waals surface area contributed by atoms with Gasteiger partial charge in [-0.15, -0.1) is 0 Å². The maximum Gasteiger partial charge on any atom is 0.323 e. The molecule has 4 heteroatoms. The lowest BCUT2D eigenvalue weighted by Gasteiger charge is -2.29. The van der Waals surface area contributed by atoms with E-state index in [0.717, 1.165) is 6.42 Å². The van der Waals surface area contributed by atoms with Crippen LogP contribution in [0, 0.1) is 0 Å². The van der Waals surface area contributed by atoms with Crippen molar-refractivity contribution >= 4 is 5.97 Å². The van der Waals surface area contributed by atoms with Crippen molar-refractivity contribution in [3.05, 3.63) is 0 Å². The minimum atomic E-state index is -0.772. The Morgan fingerprint density at radius 2 is 2.07 bits per heavy atom. The normalized spacial score (nSPS) is 14.9. The fourth-order valence-electron chi connectivity index (χ4n) is 1.68. The van der Waals surface area contributed by atoms with E-state index in [4.69, 9.17) is 4.74 Å². The average Bonchev–Trinajstić information content (AvgIpc) is 2.22. The lowest BCUT2D eigenvalue weighted by Crippen LogP contribution is -2.51. The zero-order valence-electron chi connectivity index (χ0n) is 10.0. The first kappa shape index (κ1) is 14.4. The molecule has 0 radical (unpaired) electrons. The van der Waals surface area contributed by atoms with Crippen LogP contribution in [-0.4, -0.2) is 36.4 Å². The molecule has 15 heavy (non-hydrogen) atoms. The van der Waals surface area contributed by atoms with Gasteiger partial charge < -0.3 is 15.2 Å². The SMILES string of the molecule is CCNC(CC)(CCCOCC)C(=O)O. The van der Waals surface area contributed by atoms with Gasteiger partial charge in [0.25, 0.3) is 0 Å². The zero-order chi connectivity index (χ0) is 11.7. The second-order valence-electron chi connectivity index (χ2n) is 3.57. The maximum atomic E-state index is 11.2. The van der Waals surface area contributed by atoms with E-state index < -0.39 is 11.5 Å². The number of aliphatic carboxylic acids is 1. The third-order valence-electron chi connectivity index (χ3n) is 2.62. The van der Waals surface area contributed by atoms with Crippen molar-refractivity contribution in [2.24, 2.45) is 0 Å². The van der Waals surface area contributed by atoms with E-state index in [1.54, 1.807) is 0 Å². The number of carboxylic acid groups (broad SMARTS) is 1. The standard InChI is InChI=1S/C11H23NO3/c1-4-11(10(13)14,12-5-2)8-7-9-15-6-3/h12H,4-9H2,1-3H3,(H,13,14). The molecule has 2 N–H and O–H groups in total. The van der Waals surface area contributed by atoms with Crippen LogP contribution in [0.4, 0.5) is 0 Å². The number of rotatable bonds is 9. The summed E-state index contributed by atoms with van der Waals surface area (Å²) in [5.74, 6) is -0.761. The van der Waals surface area contributed by atoms with Gasteiger partial charge in [0, 0.05) is 13.2 Å². The highest BCUT2D eigenvalue weighted by molar-refractivity contribution is 5.78. The van der Waals surface area contributed by atoms with Gasteiger partial charge in [-0.05, 0) is 32.7 Å². The molecule has 0 aromatic carbocycles. The van der Waals surface area contributed by atoms with Crippen molar-refractivity contribution in [2.45, 2.75) is 45.6 Å². The molecule has 4 nitrogen and oxygen atoms in total. The Morgan fingerprint density at radius 3 is 2.47 bits per heavy atom. The van der Waals surface area contributed by atoms with Crippen LogP contribution in [0.15, 0.2) is 0 Å². The third-order valence-corrected chi connectivity index (χ3v) is 2.62. The molecular weight excluding hydrogens is 194 g/mol. The van der Waals surface area contributed by atoms with E-state index in [9.17, 15) is 9.90 Å². The predicted molar refractivity (Wildman–Crippen MR) is 60.1 cm³/mol. The third kappa shape index (κ3) is 4.62. The number of carbonyl (C=O) groups is 1. The Kier molecular flexibility index (Phi) is 7.34. The molecule has 0 aromatic heterocycles. The topological polar surface area (TPSA) is 58.6 Å². The first-order valence-corrected chi connectivity index (χ1v) is 5.69. The highest BCUT2D eigenvalue weighted by Crippen LogP contribution is 2.18. The summed E-state index contributed by atoms with van der Waals surface area (Å²) in [5, 5.41) is 12.3. The first-order valence-electron chi connectivity index (χ1n) is 5.69. The minimum Gasteiger partial charge on any atom is -0.480 e. The van der Waals surface area contributed by atoms with Crippen LogP contribution in [0.3, 0.4) is 0 Å².